The lowest BCUT2D eigenvalue weighted by Crippen LogP contribution is -2.03. The molecule has 0 heterocycles. The van der Waals surface area contributed by atoms with E-state index in [0.717, 1.165) is 11.1 Å². The van der Waals surface area contributed by atoms with Crippen molar-refractivity contribution in [3.8, 4) is 17.2 Å². The summed E-state index contributed by atoms with van der Waals surface area (Å²) in [6.45, 7) is 2.44. The molecular formula is C16H18FNO2. The number of hydrogen-bond donors (Lipinski definition) is 1. The summed E-state index contributed by atoms with van der Waals surface area (Å²) in [5, 5.41) is 0. The van der Waals surface area contributed by atoms with E-state index in [1.165, 1.54) is 12.1 Å². The Morgan fingerprint density at radius 3 is 2.60 bits per heavy atom. The molecule has 0 aromatic heterocycles. The van der Waals surface area contributed by atoms with Crippen molar-refractivity contribution in [2.45, 2.75) is 13.3 Å². The Kier molecular flexibility index (Phi) is 4.58. The van der Waals surface area contributed by atoms with E-state index < -0.39 is 0 Å². The lowest BCUT2D eigenvalue weighted by molar-refractivity contribution is 0.377. The SMILES string of the molecule is COc1cc(C)ccc1Oc1cc(F)cc(CCN)c1. The van der Waals surface area contributed by atoms with Crippen molar-refractivity contribution >= 4 is 0 Å². The Morgan fingerprint density at radius 1 is 1.10 bits per heavy atom. The average Bonchev–Trinajstić information content (AvgIpc) is 2.40. The number of benzene rings is 2. The monoisotopic (exact) mass is 275 g/mol. The van der Waals surface area contributed by atoms with Crippen molar-refractivity contribution in [3.63, 3.8) is 0 Å². The lowest BCUT2D eigenvalue weighted by Gasteiger charge is -2.12. The van der Waals surface area contributed by atoms with E-state index in [0.29, 0.717) is 30.2 Å². The molecule has 0 aliphatic heterocycles. The highest BCUT2D eigenvalue weighted by atomic mass is 19.1. The Morgan fingerprint density at radius 2 is 1.90 bits per heavy atom. The Hall–Kier alpha value is -2.07. The van der Waals surface area contributed by atoms with Crippen molar-refractivity contribution < 1.29 is 13.9 Å². The number of aryl methyl sites for hydroxylation is 1. The van der Waals surface area contributed by atoms with Crippen LogP contribution < -0.4 is 15.2 Å². The molecule has 106 valence electrons. The van der Waals surface area contributed by atoms with Crippen LogP contribution in [-0.2, 0) is 6.42 Å². The minimum Gasteiger partial charge on any atom is -0.493 e. The zero-order chi connectivity index (χ0) is 14.5. The highest BCUT2D eigenvalue weighted by molar-refractivity contribution is 5.45. The lowest BCUT2D eigenvalue weighted by atomic mass is 10.1. The first-order valence-electron chi connectivity index (χ1n) is 6.44. The third-order valence-corrected chi connectivity index (χ3v) is 2.91. The second kappa shape index (κ2) is 6.39. The molecule has 0 saturated carbocycles. The molecule has 4 heteroatoms. The molecule has 0 unspecified atom stereocenters. The molecule has 0 saturated heterocycles. The van der Waals surface area contributed by atoms with E-state index in [9.17, 15) is 4.39 Å². The van der Waals surface area contributed by atoms with Gasteiger partial charge in [-0.15, -0.1) is 0 Å². The molecule has 0 amide bonds. The summed E-state index contributed by atoms with van der Waals surface area (Å²) in [6, 6.07) is 10.2. The maximum atomic E-state index is 13.5. The van der Waals surface area contributed by atoms with E-state index in [2.05, 4.69) is 0 Å². The van der Waals surface area contributed by atoms with Gasteiger partial charge in [0.2, 0.25) is 0 Å². The summed E-state index contributed by atoms with van der Waals surface area (Å²) >= 11 is 0. The van der Waals surface area contributed by atoms with Gasteiger partial charge in [-0.05, 0) is 55.3 Å². The largest absolute Gasteiger partial charge is 0.493 e. The standard InChI is InChI=1S/C16H18FNO2/c1-11-3-4-15(16(7-11)19-2)20-14-9-12(5-6-18)8-13(17)10-14/h3-4,7-10H,5-6,18H2,1-2H3. The number of ether oxygens (including phenoxy) is 2. The van der Waals surface area contributed by atoms with Crippen LogP contribution in [0, 0.1) is 12.7 Å². The first-order valence-corrected chi connectivity index (χ1v) is 6.44. The van der Waals surface area contributed by atoms with Crippen molar-refractivity contribution in [1.29, 1.82) is 0 Å². The third-order valence-electron chi connectivity index (χ3n) is 2.91. The van der Waals surface area contributed by atoms with Gasteiger partial charge >= 0.3 is 0 Å². The molecule has 0 atom stereocenters. The predicted molar refractivity (Wildman–Crippen MR) is 77.0 cm³/mol. The van der Waals surface area contributed by atoms with Crippen molar-refractivity contribution in [2.75, 3.05) is 13.7 Å². The maximum absolute atomic E-state index is 13.5. The normalized spacial score (nSPS) is 10.4. The second-order valence-electron chi connectivity index (χ2n) is 4.59. The zero-order valence-electron chi connectivity index (χ0n) is 11.7. The van der Waals surface area contributed by atoms with Gasteiger partial charge in [-0.1, -0.05) is 6.07 Å². The molecular weight excluding hydrogens is 257 g/mol. The molecule has 0 bridgehead atoms. The molecule has 2 N–H and O–H groups in total. The molecule has 0 aliphatic carbocycles. The Bertz CT molecular complexity index is 599. The first kappa shape index (κ1) is 14.3. The van der Waals surface area contributed by atoms with Crippen LogP contribution in [0.25, 0.3) is 0 Å². The Balaban J connectivity index is 2.29. The van der Waals surface area contributed by atoms with Gasteiger partial charge in [0, 0.05) is 6.07 Å². The molecule has 0 radical (unpaired) electrons. The number of nitrogens with two attached hydrogens (primary N) is 1. The van der Waals surface area contributed by atoms with Crippen molar-refractivity contribution in [1.82, 2.24) is 0 Å². The van der Waals surface area contributed by atoms with Crippen LogP contribution in [0.15, 0.2) is 36.4 Å². The van der Waals surface area contributed by atoms with Gasteiger partial charge in [0.1, 0.15) is 11.6 Å². The molecule has 3 nitrogen and oxygen atoms in total. The summed E-state index contributed by atoms with van der Waals surface area (Å²) in [7, 11) is 1.58. The van der Waals surface area contributed by atoms with Gasteiger partial charge < -0.3 is 15.2 Å². The van der Waals surface area contributed by atoms with E-state index in [1.54, 1.807) is 13.2 Å². The number of halogens is 1. The fourth-order valence-corrected chi connectivity index (χ4v) is 1.98. The summed E-state index contributed by atoms with van der Waals surface area (Å²) in [4.78, 5) is 0. The van der Waals surface area contributed by atoms with Crippen LogP contribution in [0.1, 0.15) is 11.1 Å². The highest BCUT2D eigenvalue weighted by Crippen LogP contribution is 2.32. The fraction of sp³-hybridized carbons (Fsp3) is 0.250. The number of methoxy groups -OCH3 is 1. The molecule has 20 heavy (non-hydrogen) atoms. The topological polar surface area (TPSA) is 44.5 Å². The average molecular weight is 275 g/mol. The molecule has 2 aromatic carbocycles. The van der Waals surface area contributed by atoms with Crippen LogP contribution in [0.3, 0.4) is 0 Å². The molecule has 2 rings (SSSR count). The van der Waals surface area contributed by atoms with Crippen LogP contribution in [0.5, 0.6) is 17.2 Å². The van der Waals surface area contributed by atoms with Crippen molar-refractivity contribution in [2.24, 2.45) is 5.73 Å². The van der Waals surface area contributed by atoms with Crippen LogP contribution in [0.4, 0.5) is 4.39 Å². The third kappa shape index (κ3) is 3.48. The minimum atomic E-state index is -0.336. The van der Waals surface area contributed by atoms with Gasteiger partial charge in [0.25, 0.3) is 0 Å². The molecule has 0 spiro atoms. The molecule has 0 aliphatic rings. The smallest absolute Gasteiger partial charge is 0.169 e. The summed E-state index contributed by atoms with van der Waals surface area (Å²) < 4.78 is 24.5. The van der Waals surface area contributed by atoms with Crippen LogP contribution >= 0.6 is 0 Å². The van der Waals surface area contributed by atoms with E-state index in [1.807, 2.05) is 25.1 Å². The minimum absolute atomic E-state index is 0.336. The summed E-state index contributed by atoms with van der Waals surface area (Å²) in [5.74, 6) is 1.28. The van der Waals surface area contributed by atoms with Gasteiger partial charge in [0.15, 0.2) is 11.5 Å². The van der Waals surface area contributed by atoms with E-state index >= 15 is 0 Å². The summed E-state index contributed by atoms with van der Waals surface area (Å²) in [6.07, 6.45) is 0.610. The zero-order valence-corrected chi connectivity index (χ0v) is 11.7. The quantitative estimate of drug-likeness (QED) is 0.909. The number of rotatable bonds is 5. The van der Waals surface area contributed by atoms with E-state index in [4.69, 9.17) is 15.2 Å². The molecule has 2 aromatic rings. The van der Waals surface area contributed by atoms with Crippen molar-refractivity contribution in [3.05, 3.63) is 53.3 Å². The summed E-state index contributed by atoms with van der Waals surface area (Å²) in [5.41, 5.74) is 7.37. The highest BCUT2D eigenvalue weighted by Gasteiger charge is 2.08. The maximum Gasteiger partial charge on any atom is 0.169 e. The number of hydrogen-bond acceptors (Lipinski definition) is 3. The second-order valence-corrected chi connectivity index (χ2v) is 4.59. The van der Waals surface area contributed by atoms with Crippen LogP contribution in [-0.4, -0.2) is 13.7 Å². The fourth-order valence-electron chi connectivity index (χ4n) is 1.98. The molecule has 0 fully saturated rings. The van der Waals surface area contributed by atoms with Gasteiger partial charge in [-0.3, -0.25) is 0 Å². The Labute approximate surface area is 118 Å². The van der Waals surface area contributed by atoms with Gasteiger partial charge in [0.05, 0.1) is 7.11 Å². The predicted octanol–water partition coefficient (Wildman–Crippen LogP) is 3.44. The van der Waals surface area contributed by atoms with E-state index in [-0.39, 0.29) is 5.82 Å². The first-order chi connectivity index (χ1) is 9.62. The van der Waals surface area contributed by atoms with Gasteiger partial charge in [-0.25, -0.2) is 4.39 Å². The van der Waals surface area contributed by atoms with Crippen LogP contribution in [0.2, 0.25) is 0 Å². The van der Waals surface area contributed by atoms with Gasteiger partial charge in [-0.2, -0.15) is 0 Å².